The van der Waals surface area contributed by atoms with Crippen LogP contribution >= 0.6 is 7.82 Å². The maximum atomic E-state index is 15.7. The molecule has 0 spiro atoms. The average molecular weight is 575 g/mol. The van der Waals surface area contributed by atoms with E-state index in [1.54, 1.807) is 27.7 Å². The van der Waals surface area contributed by atoms with E-state index in [2.05, 4.69) is 15.0 Å². The monoisotopic (exact) mass is 575 g/mol. The van der Waals surface area contributed by atoms with E-state index < -0.39 is 68.4 Å². The zero-order valence-corrected chi connectivity index (χ0v) is 22.7. The minimum atomic E-state index is -4.09. The van der Waals surface area contributed by atoms with Crippen molar-refractivity contribution >= 4 is 36.9 Å². The van der Waals surface area contributed by atoms with Crippen molar-refractivity contribution in [2.45, 2.75) is 64.8 Å². The lowest BCUT2D eigenvalue weighted by molar-refractivity contribution is -0.159. The fraction of sp³-hybridized carbons (Fsp3) is 0.682. The quantitative estimate of drug-likeness (QED) is 0.324. The van der Waals surface area contributed by atoms with Gasteiger partial charge < -0.3 is 19.9 Å². The molecule has 0 bridgehead atoms. The van der Waals surface area contributed by atoms with Crippen LogP contribution in [0.15, 0.2) is 11.1 Å². The third kappa shape index (κ3) is 6.64. The molecule has 0 aromatic carbocycles. The van der Waals surface area contributed by atoms with Gasteiger partial charge in [0, 0.05) is 5.92 Å². The van der Waals surface area contributed by atoms with Crippen LogP contribution < -0.4 is 11.3 Å². The summed E-state index contributed by atoms with van der Waals surface area (Å²) in [6.45, 7) is 5.86. The van der Waals surface area contributed by atoms with Crippen molar-refractivity contribution in [3.63, 3.8) is 0 Å². The molecule has 0 amide bonds. The smallest absolute Gasteiger partial charge is 0.463 e. The zero-order valence-electron chi connectivity index (χ0n) is 21.8. The number of nitrogens with one attached hydrogen (secondary N) is 1. The molecule has 4 atom stereocenters. The molecule has 2 aliphatic heterocycles. The first-order chi connectivity index (χ1) is 18.4. The molecule has 2 aromatic rings. The van der Waals surface area contributed by atoms with E-state index in [4.69, 9.17) is 33.5 Å². The number of imidazole rings is 1. The Hall–Kier alpha value is -2.91. The highest BCUT2D eigenvalue weighted by molar-refractivity contribution is 7.48. The first-order valence-corrected chi connectivity index (χ1v) is 13.8. The van der Waals surface area contributed by atoms with Gasteiger partial charge in [0.25, 0.3) is 5.56 Å². The van der Waals surface area contributed by atoms with E-state index in [0.29, 0.717) is 0 Å². The number of nitrogens with two attached hydrogens (primary N) is 1. The molecule has 3 N–H and O–H groups in total. The first-order valence-electron chi connectivity index (χ1n) is 12.3. The fourth-order valence-electron chi connectivity index (χ4n) is 3.98. The summed E-state index contributed by atoms with van der Waals surface area (Å²) in [5, 5.41) is 0. The number of ether oxygens (including phenoxy) is 3. The van der Waals surface area contributed by atoms with E-state index in [0.717, 1.165) is 10.9 Å². The summed E-state index contributed by atoms with van der Waals surface area (Å²) in [5.41, 5.74) is 4.85. The Morgan fingerprint density at radius 1 is 1.28 bits per heavy atom. The highest BCUT2D eigenvalue weighted by atomic mass is 31.2. The number of hydrogen-bond acceptors (Lipinski definition) is 13. The van der Waals surface area contributed by atoms with Crippen LogP contribution in [-0.4, -0.2) is 75.8 Å². The molecule has 2 aliphatic rings. The predicted molar refractivity (Wildman–Crippen MR) is 131 cm³/mol. The van der Waals surface area contributed by atoms with Gasteiger partial charge in [0.05, 0.1) is 44.6 Å². The zero-order chi connectivity index (χ0) is 28.5. The molecule has 2 aromatic heterocycles. The molecular formula is C22H31FN5O10P. The number of alkyl halides is 1. The number of phosphoric ester groups is 1. The fourth-order valence-corrected chi connectivity index (χ4v) is 5.31. The van der Waals surface area contributed by atoms with Crippen molar-refractivity contribution in [2.24, 2.45) is 11.8 Å². The van der Waals surface area contributed by atoms with Gasteiger partial charge in [-0.25, -0.2) is 13.9 Å². The number of carbonyl (C=O) groups is 2. The van der Waals surface area contributed by atoms with Gasteiger partial charge in [0.2, 0.25) is 5.95 Å². The van der Waals surface area contributed by atoms with E-state index in [-0.39, 0.29) is 42.9 Å². The van der Waals surface area contributed by atoms with Crippen molar-refractivity contribution in [3.8, 4) is 0 Å². The van der Waals surface area contributed by atoms with Crippen LogP contribution in [0.25, 0.3) is 11.2 Å². The second kappa shape index (κ2) is 11.7. The lowest BCUT2D eigenvalue weighted by Crippen LogP contribution is -2.37. The Balaban J connectivity index is 1.46. The molecule has 39 heavy (non-hydrogen) atoms. The van der Waals surface area contributed by atoms with Crippen molar-refractivity contribution in [1.29, 1.82) is 0 Å². The molecule has 4 heterocycles. The normalized spacial score (nSPS) is 29.3. The van der Waals surface area contributed by atoms with E-state index in [1.165, 1.54) is 0 Å². The molecule has 0 unspecified atom stereocenters. The number of fused-ring (bicyclic) bond motifs is 1. The van der Waals surface area contributed by atoms with Gasteiger partial charge in [-0.2, -0.15) is 4.98 Å². The van der Waals surface area contributed by atoms with Crippen LogP contribution in [-0.2, 0) is 41.9 Å². The number of aromatic nitrogens is 4. The Bertz CT molecular complexity index is 1300. The summed E-state index contributed by atoms with van der Waals surface area (Å²) in [7, 11) is -4.09. The molecule has 0 saturated carbocycles. The number of carbonyl (C=O) groups excluding carboxylic acids is 2. The number of rotatable bonds is 9. The number of anilines is 1. The summed E-state index contributed by atoms with van der Waals surface area (Å²) < 4.78 is 62.0. The van der Waals surface area contributed by atoms with Gasteiger partial charge in [0.1, 0.15) is 6.10 Å². The topological polar surface area (TPSA) is 196 Å². The summed E-state index contributed by atoms with van der Waals surface area (Å²) in [6, 6.07) is 0. The molecule has 2 saturated heterocycles. The summed E-state index contributed by atoms with van der Waals surface area (Å²) in [5.74, 6) is -2.33. The highest BCUT2D eigenvalue weighted by Crippen LogP contribution is 2.53. The number of phosphoric acid groups is 1. The number of halogens is 1. The van der Waals surface area contributed by atoms with Gasteiger partial charge in [-0.15, -0.1) is 0 Å². The van der Waals surface area contributed by atoms with Crippen LogP contribution in [0.1, 0.15) is 40.3 Å². The minimum Gasteiger partial charge on any atom is -0.463 e. The van der Waals surface area contributed by atoms with Crippen LogP contribution in [0.3, 0.4) is 0 Å². The first kappa shape index (κ1) is 29.1. The number of nitrogen functional groups attached to an aromatic ring is 1. The largest absolute Gasteiger partial charge is 0.474 e. The van der Waals surface area contributed by atoms with E-state index in [1.807, 2.05) is 0 Å². The Morgan fingerprint density at radius 2 is 1.97 bits per heavy atom. The SMILES string of the molecule is CC(C)OC(=O)CC1COP(=O)(OC[C@H]2O[C@@H](n3cnc4c(=O)[nH]c(N)nc43)[C@H](F)[C@@H]2OC(=O)C(C)C)OC1. The molecule has 216 valence electrons. The lowest BCUT2D eigenvalue weighted by atomic mass is 10.1. The minimum absolute atomic E-state index is 0.00258. The Kier molecular flexibility index (Phi) is 8.71. The summed E-state index contributed by atoms with van der Waals surface area (Å²) in [6.07, 6.45) is -5.24. The van der Waals surface area contributed by atoms with Gasteiger partial charge in [0.15, 0.2) is 29.7 Å². The number of nitrogens with zero attached hydrogens (tertiary/aromatic N) is 3. The molecule has 15 nitrogen and oxygen atoms in total. The molecule has 2 fully saturated rings. The molecule has 0 aliphatic carbocycles. The van der Waals surface area contributed by atoms with Crippen molar-refractivity contribution in [2.75, 3.05) is 25.6 Å². The summed E-state index contributed by atoms with van der Waals surface area (Å²) in [4.78, 5) is 46.6. The number of esters is 2. The number of hydrogen-bond donors (Lipinski definition) is 2. The van der Waals surface area contributed by atoms with Crippen LogP contribution in [0.5, 0.6) is 0 Å². The van der Waals surface area contributed by atoms with Gasteiger partial charge >= 0.3 is 19.8 Å². The number of aromatic amines is 1. The Labute approximate surface area is 222 Å². The molecule has 4 rings (SSSR count). The van der Waals surface area contributed by atoms with Gasteiger partial charge in [-0.1, -0.05) is 13.8 Å². The third-order valence-electron chi connectivity index (χ3n) is 5.87. The van der Waals surface area contributed by atoms with E-state index >= 15 is 4.39 Å². The Morgan fingerprint density at radius 3 is 2.62 bits per heavy atom. The molecule has 17 heteroatoms. The molecule has 0 radical (unpaired) electrons. The van der Waals surface area contributed by atoms with Crippen LogP contribution in [0.4, 0.5) is 10.3 Å². The van der Waals surface area contributed by atoms with Crippen molar-refractivity contribution in [1.82, 2.24) is 19.5 Å². The van der Waals surface area contributed by atoms with Crippen molar-refractivity contribution < 1.29 is 46.3 Å². The van der Waals surface area contributed by atoms with Gasteiger partial charge in [-0.3, -0.25) is 37.5 Å². The lowest BCUT2D eigenvalue weighted by Gasteiger charge is -2.29. The molecular weight excluding hydrogens is 544 g/mol. The maximum absolute atomic E-state index is 15.7. The second-order valence-corrected chi connectivity index (χ2v) is 11.5. The summed E-state index contributed by atoms with van der Waals surface area (Å²) >= 11 is 0. The van der Waals surface area contributed by atoms with Crippen molar-refractivity contribution in [3.05, 3.63) is 16.7 Å². The predicted octanol–water partition coefficient (Wildman–Crippen LogP) is 1.63. The van der Waals surface area contributed by atoms with Crippen LogP contribution in [0.2, 0.25) is 0 Å². The van der Waals surface area contributed by atoms with E-state index in [9.17, 15) is 18.9 Å². The maximum Gasteiger partial charge on any atom is 0.474 e. The average Bonchev–Trinajstić information content (AvgIpc) is 3.40. The van der Waals surface area contributed by atoms with Crippen LogP contribution in [0, 0.1) is 11.8 Å². The number of H-pyrrole nitrogens is 1. The second-order valence-electron chi connectivity index (χ2n) is 9.78. The van der Waals surface area contributed by atoms with Gasteiger partial charge in [-0.05, 0) is 13.8 Å². The third-order valence-corrected chi connectivity index (χ3v) is 7.27. The standard InChI is InChI=1S/C22H31FN5O10P/c1-10(2)21(31)38-17-13(8-35-39(32)33-6-12(7-34-39)5-14(29)36-11(3)4)37-20(15(17)23)28-9-25-16-18(28)26-22(24)27-19(16)30/h9-13,15,17,20H,5-8H2,1-4H3,(H3,24,26,27,30)/t12?,13-,15-,17-,20-,39?/m1/s1. The highest BCUT2D eigenvalue weighted by Gasteiger charge is 2.50.